The molecule has 0 spiro atoms. The van der Waals surface area contributed by atoms with Crippen LogP contribution in [0, 0.1) is 11.7 Å². The molecule has 0 aliphatic heterocycles. The number of imidazole rings is 1. The van der Waals surface area contributed by atoms with Gasteiger partial charge in [0.05, 0.1) is 13.2 Å². The Morgan fingerprint density at radius 1 is 1.38 bits per heavy atom. The van der Waals surface area contributed by atoms with Crippen LogP contribution in [0.1, 0.15) is 24.2 Å². The highest BCUT2D eigenvalue weighted by Crippen LogP contribution is 2.31. The minimum Gasteiger partial charge on any atom is -0.383 e. The van der Waals surface area contributed by atoms with Crippen molar-refractivity contribution in [3.05, 3.63) is 53.9 Å². The van der Waals surface area contributed by atoms with Crippen molar-refractivity contribution in [2.75, 3.05) is 20.3 Å². The largest absolute Gasteiger partial charge is 0.383 e. The van der Waals surface area contributed by atoms with Crippen molar-refractivity contribution in [1.82, 2.24) is 14.5 Å². The Hall–Kier alpha value is -2.21. The minimum absolute atomic E-state index is 0.169. The molecule has 0 N–H and O–H groups in total. The first-order valence-corrected chi connectivity index (χ1v) is 8.19. The molecule has 0 unspecified atom stereocenters. The molecule has 1 fully saturated rings. The number of amides is 1. The predicted octanol–water partition coefficient (Wildman–Crippen LogP) is 2.46. The van der Waals surface area contributed by atoms with Crippen LogP contribution in [-0.2, 0) is 22.6 Å². The Morgan fingerprint density at radius 2 is 2.12 bits per heavy atom. The van der Waals surface area contributed by atoms with E-state index in [0.29, 0.717) is 26.2 Å². The second kappa shape index (κ2) is 7.57. The van der Waals surface area contributed by atoms with Gasteiger partial charge in [-0.2, -0.15) is 0 Å². The molecule has 0 atom stereocenters. The molecule has 1 amide bonds. The Kier molecular flexibility index (Phi) is 5.25. The molecule has 1 aliphatic rings. The third-order valence-corrected chi connectivity index (χ3v) is 4.20. The highest BCUT2D eigenvalue weighted by Gasteiger charge is 2.33. The summed E-state index contributed by atoms with van der Waals surface area (Å²) in [6, 6.07) is 6.43. The molecule has 1 heterocycles. The first-order chi connectivity index (χ1) is 11.7. The smallest absolute Gasteiger partial charge is 0.226 e. The number of hydrogen-bond donors (Lipinski definition) is 0. The Morgan fingerprint density at radius 3 is 2.79 bits per heavy atom. The molecule has 2 aromatic rings. The van der Waals surface area contributed by atoms with Gasteiger partial charge in [-0.3, -0.25) is 4.79 Å². The van der Waals surface area contributed by atoms with Gasteiger partial charge in [0.25, 0.3) is 0 Å². The minimum atomic E-state index is -0.245. The third-order valence-electron chi connectivity index (χ3n) is 4.20. The summed E-state index contributed by atoms with van der Waals surface area (Å²) < 4.78 is 20.1. The summed E-state index contributed by atoms with van der Waals surface area (Å²) in [7, 11) is 1.63. The third kappa shape index (κ3) is 4.20. The summed E-state index contributed by atoms with van der Waals surface area (Å²) >= 11 is 0. The molecular formula is C18H22FN3O2. The van der Waals surface area contributed by atoms with Gasteiger partial charge < -0.3 is 14.2 Å². The van der Waals surface area contributed by atoms with Gasteiger partial charge in [0.1, 0.15) is 11.6 Å². The van der Waals surface area contributed by atoms with Gasteiger partial charge >= 0.3 is 0 Å². The number of methoxy groups -OCH3 is 1. The zero-order chi connectivity index (χ0) is 16.9. The molecule has 1 saturated carbocycles. The van der Waals surface area contributed by atoms with Crippen molar-refractivity contribution in [2.45, 2.75) is 25.9 Å². The Bertz CT molecular complexity index is 680. The zero-order valence-corrected chi connectivity index (χ0v) is 13.8. The van der Waals surface area contributed by atoms with E-state index in [-0.39, 0.29) is 17.6 Å². The first-order valence-electron chi connectivity index (χ1n) is 8.19. The van der Waals surface area contributed by atoms with Crippen LogP contribution in [-0.4, -0.2) is 40.6 Å². The molecule has 1 aliphatic carbocycles. The van der Waals surface area contributed by atoms with E-state index in [9.17, 15) is 9.18 Å². The van der Waals surface area contributed by atoms with Crippen LogP contribution in [0.4, 0.5) is 4.39 Å². The van der Waals surface area contributed by atoms with Crippen molar-refractivity contribution in [2.24, 2.45) is 5.92 Å². The number of benzene rings is 1. The van der Waals surface area contributed by atoms with E-state index in [1.54, 1.807) is 25.4 Å². The fraction of sp³-hybridized carbons (Fsp3) is 0.444. The molecule has 6 heteroatoms. The van der Waals surface area contributed by atoms with Gasteiger partial charge in [0.15, 0.2) is 0 Å². The topological polar surface area (TPSA) is 47.4 Å². The number of carbonyl (C=O) groups excluding carboxylic acids is 1. The van der Waals surface area contributed by atoms with E-state index in [2.05, 4.69) is 4.98 Å². The average Bonchev–Trinajstić information content (AvgIpc) is 3.35. The molecule has 1 aromatic heterocycles. The van der Waals surface area contributed by atoms with E-state index in [1.807, 2.05) is 15.7 Å². The lowest BCUT2D eigenvalue weighted by Gasteiger charge is -2.22. The molecule has 24 heavy (non-hydrogen) atoms. The van der Waals surface area contributed by atoms with Crippen LogP contribution in [0.15, 0.2) is 36.7 Å². The highest BCUT2D eigenvalue weighted by atomic mass is 19.1. The number of carbonyl (C=O) groups is 1. The van der Waals surface area contributed by atoms with Crippen LogP contribution >= 0.6 is 0 Å². The van der Waals surface area contributed by atoms with E-state index in [1.165, 1.54) is 12.1 Å². The van der Waals surface area contributed by atoms with Gasteiger partial charge in [0.2, 0.25) is 5.91 Å². The summed E-state index contributed by atoms with van der Waals surface area (Å²) in [6.45, 7) is 2.14. The fourth-order valence-corrected chi connectivity index (χ4v) is 2.65. The second-order valence-electron chi connectivity index (χ2n) is 6.12. The van der Waals surface area contributed by atoms with E-state index >= 15 is 0 Å². The molecule has 3 rings (SSSR count). The summed E-state index contributed by atoms with van der Waals surface area (Å²) in [5.41, 5.74) is 0.993. The van der Waals surface area contributed by atoms with Crippen molar-refractivity contribution >= 4 is 5.91 Å². The van der Waals surface area contributed by atoms with Crippen molar-refractivity contribution < 1.29 is 13.9 Å². The van der Waals surface area contributed by atoms with E-state index in [0.717, 1.165) is 24.2 Å². The second-order valence-corrected chi connectivity index (χ2v) is 6.12. The number of aromatic nitrogens is 2. The van der Waals surface area contributed by atoms with Gasteiger partial charge in [-0.15, -0.1) is 0 Å². The van der Waals surface area contributed by atoms with Crippen LogP contribution in [0.3, 0.4) is 0 Å². The molecule has 0 bridgehead atoms. The molecule has 5 nitrogen and oxygen atoms in total. The molecule has 1 aromatic carbocycles. The summed E-state index contributed by atoms with van der Waals surface area (Å²) in [5.74, 6) is 0.931. The lowest BCUT2D eigenvalue weighted by Crippen LogP contribution is -2.35. The van der Waals surface area contributed by atoms with Crippen LogP contribution in [0.2, 0.25) is 0 Å². The van der Waals surface area contributed by atoms with Gasteiger partial charge in [-0.1, -0.05) is 12.1 Å². The number of hydrogen-bond acceptors (Lipinski definition) is 3. The summed E-state index contributed by atoms with van der Waals surface area (Å²) in [5, 5.41) is 0. The quantitative estimate of drug-likeness (QED) is 0.746. The predicted molar refractivity (Wildman–Crippen MR) is 87.7 cm³/mol. The number of halogens is 1. The maximum absolute atomic E-state index is 13.0. The van der Waals surface area contributed by atoms with Gasteiger partial charge in [0, 0.05) is 38.5 Å². The van der Waals surface area contributed by atoms with Crippen LogP contribution in [0.25, 0.3) is 0 Å². The van der Waals surface area contributed by atoms with Crippen LogP contribution < -0.4 is 0 Å². The van der Waals surface area contributed by atoms with E-state index < -0.39 is 0 Å². The number of ether oxygens (including phenoxy) is 1. The maximum Gasteiger partial charge on any atom is 0.226 e. The molecule has 0 saturated heterocycles. The van der Waals surface area contributed by atoms with Crippen molar-refractivity contribution in [3.63, 3.8) is 0 Å². The normalized spacial score (nSPS) is 13.9. The summed E-state index contributed by atoms with van der Waals surface area (Å²) in [6.07, 6.45) is 5.57. The zero-order valence-electron chi connectivity index (χ0n) is 13.8. The first kappa shape index (κ1) is 16.6. The lowest BCUT2D eigenvalue weighted by atomic mass is 10.2. The van der Waals surface area contributed by atoms with Crippen molar-refractivity contribution in [1.29, 1.82) is 0 Å². The SMILES string of the molecule is COCCN(Cc1nccn1Cc1ccc(F)cc1)C(=O)C1CC1. The lowest BCUT2D eigenvalue weighted by molar-refractivity contribution is -0.134. The van der Waals surface area contributed by atoms with E-state index in [4.69, 9.17) is 4.74 Å². The maximum atomic E-state index is 13.0. The van der Waals surface area contributed by atoms with Crippen molar-refractivity contribution in [3.8, 4) is 0 Å². The Labute approximate surface area is 141 Å². The fourth-order valence-electron chi connectivity index (χ4n) is 2.65. The molecule has 0 radical (unpaired) electrons. The Balaban J connectivity index is 1.70. The molecule has 128 valence electrons. The monoisotopic (exact) mass is 331 g/mol. The van der Waals surface area contributed by atoms with Gasteiger partial charge in [-0.05, 0) is 30.5 Å². The molecular weight excluding hydrogens is 309 g/mol. The summed E-state index contributed by atoms with van der Waals surface area (Å²) in [4.78, 5) is 18.7. The highest BCUT2D eigenvalue weighted by molar-refractivity contribution is 5.80. The number of rotatable bonds is 8. The van der Waals surface area contributed by atoms with Crippen LogP contribution in [0.5, 0.6) is 0 Å². The standard InChI is InChI=1S/C18H22FN3O2/c1-24-11-10-22(18(23)15-4-5-15)13-17-20-8-9-21(17)12-14-2-6-16(19)7-3-14/h2-3,6-9,15H,4-5,10-13H2,1H3. The average molecular weight is 331 g/mol. The van der Waals surface area contributed by atoms with Gasteiger partial charge in [-0.25, -0.2) is 9.37 Å². The number of nitrogens with zero attached hydrogens (tertiary/aromatic N) is 3.